The molecular weight excluding hydrogens is 200 g/mol. The molecule has 0 bridgehead atoms. The van der Waals surface area contributed by atoms with Gasteiger partial charge in [-0.05, 0) is 0 Å². The summed E-state index contributed by atoms with van der Waals surface area (Å²) in [5.41, 5.74) is 0. The standard InChI is InChI=1S/C8H13N4O3/c13-6-5-12(7-10-2-3-10)4-1-9-8(12)11(14)15/h1,4,13H,2-3,5-7H2/q+1/t12-/m1/s1. The number of aliphatic hydroxyl groups excluding tert-OH is 1. The number of nitrogens with zero attached hydrogens (tertiary/aromatic N) is 4. The number of nitro groups is 1. The van der Waals surface area contributed by atoms with Crippen molar-refractivity contribution in [3.63, 3.8) is 0 Å². The largest absolute Gasteiger partial charge is 0.544 e. The number of rotatable bonds is 4. The molecule has 0 amide bonds. The first-order valence-corrected chi connectivity index (χ1v) is 4.78. The van der Waals surface area contributed by atoms with Gasteiger partial charge < -0.3 is 15.2 Å². The van der Waals surface area contributed by atoms with Crippen molar-refractivity contribution < 1.29 is 14.5 Å². The molecule has 2 aliphatic heterocycles. The molecule has 7 nitrogen and oxygen atoms in total. The molecule has 2 aliphatic rings. The van der Waals surface area contributed by atoms with Gasteiger partial charge >= 0.3 is 5.96 Å². The van der Waals surface area contributed by atoms with Crippen LogP contribution in [0.25, 0.3) is 0 Å². The lowest BCUT2D eigenvalue weighted by Gasteiger charge is -2.26. The topological polar surface area (TPSA) is 78.7 Å². The van der Waals surface area contributed by atoms with Crippen LogP contribution in [-0.4, -0.2) is 58.3 Å². The van der Waals surface area contributed by atoms with E-state index in [1.807, 2.05) is 0 Å². The van der Waals surface area contributed by atoms with Crippen molar-refractivity contribution in [2.24, 2.45) is 4.99 Å². The van der Waals surface area contributed by atoms with Crippen LogP contribution in [0, 0.1) is 10.1 Å². The summed E-state index contributed by atoms with van der Waals surface area (Å²) in [6.07, 6.45) is 3.12. The van der Waals surface area contributed by atoms with Gasteiger partial charge in [-0.1, -0.05) is 0 Å². The van der Waals surface area contributed by atoms with Crippen LogP contribution in [-0.2, 0) is 0 Å². The van der Waals surface area contributed by atoms with Crippen molar-refractivity contribution >= 4 is 5.96 Å². The Morgan fingerprint density at radius 1 is 1.67 bits per heavy atom. The highest BCUT2D eigenvalue weighted by Crippen LogP contribution is 2.21. The van der Waals surface area contributed by atoms with Gasteiger partial charge in [-0.2, -0.15) is 4.48 Å². The van der Waals surface area contributed by atoms with E-state index in [0.29, 0.717) is 13.2 Å². The van der Waals surface area contributed by atoms with Gasteiger partial charge in [0.2, 0.25) is 0 Å². The Bertz CT molecular complexity index is 337. The third kappa shape index (κ3) is 1.89. The molecule has 2 heterocycles. The molecule has 7 heteroatoms. The molecule has 1 saturated heterocycles. The second-order valence-electron chi connectivity index (χ2n) is 3.73. The number of quaternary nitrogens is 1. The van der Waals surface area contributed by atoms with E-state index in [2.05, 4.69) is 9.89 Å². The Kier molecular flexibility index (Phi) is 2.51. The predicted octanol–water partition coefficient (Wildman–Crippen LogP) is -0.814. The quantitative estimate of drug-likeness (QED) is 0.286. The molecule has 1 fully saturated rings. The summed E-state index contributed by atoms with van der Waals surface area (Å²) in [6.45, 7) is 2.66. The number of hydrogen-bond acceptors (Lipinski definition) is 5. The fourth-order valence-electron chi connectivity index (χ4n) is 1.72. The van der Waals surface area contributed by atoms with E-state index >= 15 is 0 Å². The van der Waals surface area contributed by atoms with Gasteiger partial charge in [-0.15, -0.1) is 0 Å². The first kappa shape index (κ1) is 10.2. The van der Waals surface area contributed by atoms with E-state index in [-0.39, 0.29) is 17.0 Å². The number of guanidine groups is 1. The molecule has 15 heavy (non-hydrogen) atoms. The smallest absolute Gasteiger partial charge is 0.390 e. The Hall–Kier alpha value is -1.31. The molecule has 0 aliphatic carbocycles. The molecule has 0 aromatic carbocycles. The van der Waals surface area contributed by atoms with Crippen molar-refractivity contribution in [3.8, 4) is 0 Å². The molecule has 82 valence electrons. The second-order valence-corrected chi connectivity index (χ2v) is 3.73. The SMILES string of the molecule is O=[N+]([O-])C1=NC=C[N@@+]1(CCO)CN1CC1. The minimum absolute atomic E-state index is 0.0312. The molecule has 0 unspecified atom stereocenters. The van der Waals surface area contributed by atoms with Gasteiger partial charge in [-0.3, -0.25) is 4.90 Å². The minimum atomic E-state index is -0.473. The van der Waals surface area contributed by atoms with Crippen LogP contribution in [0.2, 0.25) is 0 Å². The normalized spacial score (nSPS) is 29.3. The molecule has 0 aromatic heterocycles. The van der Waals surface area contributed by atoms with E-state index in [0.717, 1.165) is 13.1 Å². The average molecular weight is 213 g/mol. The lowest BCUT2D eigenvalue weighted by Crippen LogP contribution is -2.54. The number of hydrogen-bond donors (Lipinski definition) is 1. The molecular formula is C8H13N4O3+. The molecule has 0 saturated carbocycles. The number of aliphatic imine (C=N–C) groups is 1. The highest BCUT2D eigenvalue weighted by Gasteiger charge is 2.47. The van der Waals surface area contributed by atoms with Gasteiger partial charge in [0.25, 0.3) is 0 Å². The summed E-state index contributed by atoms with van der Waals surface area (Å²) in [5.74, 6) is -0.101. The summed E-state index contributed by atoms with van der Waals surface area (Å²) in [6, 6.07) is 0. The summed E-state index contributed by atoms with van der Waals surface area (Å²) >= 11 is 0. The average Bonchev–Trinajstić information content (AvgIpc) is 2.86. The van der Waals surface area contributed by atoms with Crippen LogP contribution >= 0.6 is 0 Å². The first-order valence-electron chi connectivity index (χ1n) is 4.78. The molecule has 0 aromatic rings. The van der Waals surface area contributed by atoms with Gasteiger partial charge in [0.05, 0.1) is 6.61 Å². The lowest BCUT2D eigenvalue weighted by atomic mass is 10.4. The van der Waals surface area contributed by atoms with Crippen molar-refractivity contribution in [3.05, 3.63) is 22.5 Å². The van der Waals surface area contributed by atoms with Crippen LogP contribution in [0.5, 0.6) is 0 Å². The van der Waals surface area contributed by atoms with Crippen LogP contribution in [0.15, 0.2) is 17.4 Å². The maximum absolute atomic E-state index is 10.8. The molecule has 1 atom stereocenters. The summed E-state index contributed by atoms with van der Waals surface area (Å²) < 4.78 is 0.0312. The van der Waals surface area contributed by atoms with Crippen molar-refractivity contribution in [1.82, 2.24) is 4.90 Å². The Balaban J connectivity index is 2.19. The van der Waals surface area contributed by atoms with Crippen LogP contribution in [0.4, 0.5) is 0 Å². The maximum atomic E-state index is 10.8. The van der Waals surface area contributed by atoms with Gasteiger partial charge in [0, 0.05) is 23.0 Å². The zero-order chi connectivity index (χ0) is 10.9. The van der Waals surface area contributed by atoms with E-state index in [4.69, 9.17) is 5.11 Å². The van der Waals surface area contributed by atoms with Gasteiger partial charge in [0.15, 0.2) is 19.1 Å². The monoisotopic (exact) mass is 213 g/mol. The summed E-state index contributed by atoms with van der Waals surface area (Å²) in [4.78, 5) is 16.2. The Morgan fingerprint density at radius 2 is 2.40 bits per heavy atom. The Labute approximate surface area is 86.7 Å². The minimum Gasteiger partial charge on any atom is -0.390 e. The molecule has 0 spiro atoms. The highest BCUT2D eigenvalue weighted by atomic mass is 16.6. The zero-order valence-electron chi connectivity index (χ0n) is 8.24. The third-order valence-electron chi connectivity index (χ3n) is 2.59. The first-order chi connectivity index (χ1) is 7.18. The van der Waals surface area contributed by atoms with Crippen molar-refractivity contribution in [2.45, 2.75) is 0 Å². The van der Waals surface area contributed by atoms with Crippen molar-refractivity contribution in [2.75, 3.05) is 32.9 Å². The summed E-state index contributed by atoms with van der Waals surface area (Å²) in [5, 5.41) is 19.8. The lowest BCUT2D eigenvalue weighted by molar-refractivity contribution is -0.830. The number of aliphatic hydroxyl groups is 1. The highest BCUT2D eigenvalue weighted by molar-refractivity contribution is 5.67. The molecule has 2 rings (SSSR count). The summed E-state index contributed by atoms with van der Waals surface area (Å²) in [7, 11) is 0. The van der Waals surface area contributed by atoms with E-state index < -0.39 is 4.92 Å². The molecule has 0 radical (unpaired) electrons. The van der Waals surface area contributed by atoms with Gasteiger partial charge in [-0.25, -0.2) is 0 Å². The third-order valence-corrected chi connectivity index (χ3v) is 2.59. The Morgan fingerprint density at radius 3 is 2.93 bits per heavy atom. The van der Waals surface area contributed by atoms with E-state index in [1.54, 1.807) is 6.20 Å². The van der Waals surface area contributed by atoms with E-state index in [1.165, 1.54) is 6.20 Å². The second kappa shape index (κ2) is 3.69. The predicted molar refractivity (Wildman–Crippen MR) is 52.2 cm³/mol. The maximum Gasteiger partial charge on any atom is 0.544 e. The van der Waals surface area contributed by atoms with Gasteiger partial charge in [0.1, 0.15) is 6.54 Å². The zero-order valence-corrected chi connectivity index (χ0v) is 8.24. The fraction of sp³-hybridized carbons (Fsp3) is 0.625. The van der Waals surface area contributed by atoms with Crippen LogP contribution in [0.3, 0.4) is 0 Å². The fourth-order valence-corrected chi connectivity index (χ4v) is 1.72. The van der Waals surface area contributed by atoms with E-state index in [9.17, 15) is 10.1 Å². The van der Waals surface area contributed by atoms with Crippen LogP contribution in [0.1, 0.15) is 0 Å². The van der Waals surface area contributed by atoms with Crippen LogP contribution < -0.4 is 0 Å². The molecule has 1 N–H and O–H groups in total. The van der Waals surface area contributed by atoms with Crippen molar-refractivity contribution in [1.29, 1.82) is 0 Å².